The van der Waals surface area contributed by atoms with Crippen LogP contribution in [0.5, 0.6) is 0 Å². The second kappa shape index (κ2) is 6.88. The molecule has 1 saturated heterocycles. The van der Waals surface area contributed by atoms with Crippen molar-refractivity contribution in [3.8, 4) is 0 Å². The van der Waals surface area contributed by atoms with Crippen molar-refractivity contribution in [3.05, 3.63) is 53.0 Å². The zero-order valence-electron chi connectivity index (χ0n) is 13.2. The van der Waals surface area contributed by atoms with Gasteiger partial charge in [0.25, 0.3) is 0 Å². The summed E-state index contributed by atoms with van der Waals surface area (Å²) in [4.78, 5) is 11.2. The predicted molar refractivity (Wildman–Crippen MR) is 96.5 cm³/mol. The second-order valence-corrected chi connectivity index (χ2v) is 6.59. The van der Waals surface area contributed by atoms with Gasteiger partial charge in [0.15, 0.2) is 11.5 Å². The van der Waals surface area contributed by atoms with E-state index in [0.29, 0.717) is 0 Å². The number of rotatable bonds is 4. The summed E-state index contributed by atoms with van der Waals surface area (Å²) in [5, 5.41) is 3.35. The molecule has 0 radical (unpaired) electrons. The van der Waals surface area contributed by atoms with Crippen molar-refractivity contribution in [2.75, 3.05) is 31.6 Å². The minimum Gasteiger partial charge on any atom is -0.379 e. The van der Waals surface area contributed by atoms with Gasteiger partial charge in [-0.05, 0) is 33.6 Å². The van der Waals surface area contributed by atoms with E-state index < -0.39 is 0 Å². The van der Waals surface area contributed by atoms with Crippen LogP contribution in [-0.2, 0) is 11.3 Å². The molecule has 0 spiro atoms. The Morgan fingerprint density at radius 2 is 1.96 bits per heavy atom. The molecule has 1 aromatic carbocycles. The number of hydrogen-bond donors (Lipinski definition) is 1. The lowest BCUT2D eigenvalue weighted by Crippen LogP contribution is -2.35. The van der Waals surface area contributed by atoms with Gasteiger partial charge in [0.1, 0.15) is 4.60 Å². The predicted octanol–water partition coefficient (Wildman–Crippen LogP) is 3.07. The van der Waals surface area contributed by atoms with Gasteiger partial charge >= 0.3 is 0 Å². The SMILES string of the molecule is Brc1cn2ccnc2c(Nc2ccc(CN3CCOCC3)cc2)n1. The van der Waals surface area contributed by atoms with Crippen molar-refractivity contribution >= 4 is 33.1 Å². The van der Waals surface area contributed by atoms with Crippen LogP contribution in [0.15, 0.2) is 47.5 Å². The number of morpholine rings is 1. The van der Waals surface area contributed by atoms with Gasteiger partial charge in [0, 0.05) is 43.9 Å². The number of aromatic nitrogens is 3. The number of nitrogens with zero attached hydrogens (tertiary/aromatic N) is 4. The van der Waals surface area contributed by atoms with E-state index in [1.807, 2.05) is 16.8 Å². The Kier molecular flexibility index (Phi) is 4.46. The van der Waals surface area contributed by atoms with Crippen molar-refractivity contribution in [1.29, 1.82) is 0 Å². The maximum atomic E-state index is 5.39. The first-order chi connectivity index (χ1) is 11.8. The molecule has 0 saturated carbocycles. The lowest BCUT2D eigenvalue weighted by atomic mass is 10.2. The van der Waals surface area contributed by atoms with Gasteiger partial charge in [-0.15, -0.1) is 0 Å². The Labute approximate surface area is 148 Å². The molecule has 2 aromatic heterocycles. The van der Waals surface area contributed by atoms with E-state index in [9.17, 15) is 0 Å². The van der Waals surface area contributed by atoms with Crippen molar-refractivity contribution in [3.63, 3.8) is 0 Å². The molecule has 0 aliphatic carbocycles. The number of imidazole rings is 1. The first-order valence-corrected chi connectivity index (χ1v) is 8.72. The molecule has 0 atom stereocenters. The summed E-state index contributed by atoms with van der Waals surface area (Å²) >= 11 is 3.43. The quantitative estimate of drug-likeness (QED) is 0.745. The molecule has 24 heavy (non-hydrogen) atoms. The van der Waals surface area contributed by atoms with Crippen LogP contribution < -0.4 is 5.32 Å². The Bertz CT molecular complexity index is 827. The van der Waals surface area contributed by atoms with Gasteiger partial charge < -0.3 is 14.5 Å². The average molecular weight is 388 g/mol. The van der Waals surface area contributed by atoms with Gasteiger partial charge in [0.05, 0.1) is 13.2 Å². The van der Waals surface area contributed by atoms with E-state index in [1.54, 1.807) is 6.20 Å². The van der Waals surface area contributed by atoms with Gasteiger partial charge in [-0.2, -0.15) is 0 Å². The zero-order valence-corrected chi connectivity index (χ0v) is 14.7. The van der Waals surface area contributed by atoms with Gasteiger partial charge in [0.2, 0.25) is 0 Å². The maximum absolute atomic E-state index is 5.39. The molecule has 0 bridgehead atoms. The molecule has 1 N–H and O–H groups in total. The summed E-state index contributed by atoms with van der Waals surface area (Å²) in [6.45, 7) is 4.62. The number of anilines is 2. The lowest BCUT2D eigenvalue weighted by Gasteiger charge is -2.26. The number of halogens is 1. The molecule has 4 rings (SSSR count). The van der Waals surface area contributed by atoms with E-state index >= 15 is 0 Å². The minimum absolute atomic E-state index is 0.732. The van der Waals surface area contributed by atoms with E-state index in [4.69, 9.17) is 4.74 Å². The van der Waals surface area contributed by atoms with Gasteiger partial charge in [-0.3, -0.25) is 4.90 Å². The van der Waals surface area contributed by atoms with E-state index in [0.717, 1.165) is 54.6 Å². The summed E-state index contributed by atoms with van der Waals surface area (Å²) in [7, 11) is 0. The topological polar surface area (TPSA) is 54.7 Å². The molecular formula is C17H18BrN5O. The number of nitrogens with one attached hydrogen (secondary N) is 1. The van der Waals surface area contributed by atoms with Crippen molar-refractivity contribution in [2.45, 2.75) is 6.54 Å². The molecule has 1 fully saturated rings. The van der Waals surface area contributed by atoms with E-state index in [-0.39, 0.29) is 0 Å². The fourth-order valence-electron chi connectivity index (χ4n) is 2.83. The van der Waals surface area contributed by atoms with Gasteiger partial charge in [-0.1, -0.05) is 12.1 Å². The standard InChI is InChI=1S/C17H18BrN5O/c18-15-12-23-6-5-19-17(23)16(21-15)20-14-3-1-13(2-4-14)11-22-7-9-24-10-8-22/h1-6,12H,7-11H2,(H,20,21). The fraction of sp³-hybridized carbons (Fsp3) is 0.294. The molecule has 6 nitrogen and oxygen atoms in total. The van der Waals surface area contributed by atoms with Crippen LogP contribution >= 0.6 is 15.9 Å². The van der Waals surface area contributed by atoms with Gasteiger partial charge in [-0.25, -0.2) is 9.97 Å². The fourth-order valence-corrected chi connectivity index (χ4v) is 3.23. The Balaban J connectivity index is 1.49. The monoisotopic (exact) mass is 387 g/mol. The number of ether oxygens (including phenoxy) is 1. The molecule has 124 valence electrons. The largest absolute Gasteiger partial charge is 0.379 e. The Morgan fingerprint density at radius 1 is 1.17 bits per heavy atom. The summed E-state index contributed by atoms with van der Waals surface area (Å²) < 4.78 is 8.09. The third-order valence-electron chi connectivity index (χ3n) is 4.07. The summed E-state index contributed by atoms with van der Waals surface area (Å²) in [5.74, 6) is 0.732. The van der Waals surface area contributed by atoms with Crippen LogP contribution in [0, 0.1) is 0 Å². The number of hydrogen-bond acceptors (Lipinski definition) is 5. The summed E-state index contributed by atoms with van der Waals surface area (Å²) in [6, 6.07) is 8.46. The van der Waals surface area contributed by atoms with E-state index in [2.05, 4.69) is 60.4 Å². The Hall–Kier alpha value is -1.96. The first kappa shape index (κ1) is 15.6. The first-order valence-electron chi connectivity index (χ1n) is 7.93. The summed E-state index contributed by atoms with van der Waals surface area (Å²) in [6.07, 6.45) is 5.55. The highest BCUT2D eigenvalue weighted by molar-refractivity contribution is 9.10. The van der Waals surface area contributed by atoms with Crippen LogP contribution in [0.25, 0.3) is 5.65 Å². The van der Waals surface area contributed by atoms with Crippen molar-refractivity contribution < 1.29 is 4.74 Å². The summed E-state index contributed by atoms with van der Waals surface area (Å²) in [5.41, 5.74) is 3.10. The maximum Gasteiger partial charge on any atom is 0.180 e. The molecule has 0 amide bonds. The van der Waals surface area contributed by atoms with Crippen molar-refractivity contribution in [1.82, 2.24) is 19.3 Å². The third kappa shape index (κ3) is 3.43. The highest BCUT2D eigenvalue weighted by atomic mass is 79.9. The molecule has 3 heterocycles. The molecule has 7 heteroatoms. The molecular weight excluding hydrogens is 370 g/mol. The normalized spacial score (nSPS) is 15.7. The third-order valence-corrected chi connectivity index (χ3v) is 4.45. The average Bonchev–Trinajstić information content (AvgIpc) is 3.06. The second-order valence-electron chi connectivity index (χ2n) is 5.78. The van der Waals surface area contributed by atoms with Crippen LogP contribution in [0.3, 0.4) is 0 Å². The number of fused-ring (bicyclic) bond motifs is 1. The Morgan fingerprint density at radius 3 is 2.75 bits per heavy atom. The molecule has 3 aromatic rings. The van der Waals surface area contributed by atoms with Crippen LogP contribution in [0.1, 0.15) is 5.56 Å². The smallest absolute Gasteiger partial charge is 0.180 e. The van der Waals surface area contributed by atoms with Crippen LogP contribution in [0.4, 0.5) is 11.5 Å². The number of benzene rings is 1. The molecule has 0 unspecified atom stereocenters. The highest BCUT2D eigenvalue weighted by Crippen LogP contribution is 2.22. The molecule has 1 aliphatic rings. The van der Waals surface area contributed by atoms with E-state index in [1.165, 1.54) is 5.56 Å². The minimum atomic E-state index is 0.732. The van der Waals surface area contributed by atoms with Crippen molar-refractivity contribution in [2.24, 2.45) is 0 Å². The highest BCUT2D eigenvalue weighted by Gasteiger charge is 2.11. The zero-order chi connectivity index (χ0) is 16.4. The van der Waals surface area contributed by atoms with Crippen LogP contribution in [-0.4, -0.2) is 45.6 Å². The lowest BCUT2D eigenvalue weighted by molar-refractivity contribution is 0.0342. The van der Waals surface area contributed by atoms with Crippen LogP contribution in [0.2, 0.25) is 0 Å². The molecule has 1 aliphatic heterocycles.